The molecule has 36 heavy (non-hydrogen) atoms. The van der Waals surface area contributed by atoms with Crippen molar-refractivity contribution in [2.45, 2.75) is 44.4 Å². The minimum absolute atomic E-state index is 0.000817. The lowest BCUT2D eigenvalue weighted by Crippen LogP contribution is -2.43. The Kier molecular flexibility index (Phi) is 6.95. The fourth-order valence-corrected chi connectivity index (χ4v) is 4.73. The molecule has 1 atom stereocenters. The molecular weight excluding hydrogens is 483 g/mol. The van der Waals surface area contributed by atoms with Gasteiger partial charge in [-0.1, -0.05) is 24.3 Å². The van der Waals surface area contributed by atoms with Gasteiger partial charge >= 0.3 is 6.09 Å². The number of ether oxygens (including phenoxy) is 1. The van der Waals surface area contributed by atoms with E-state index >= 15 is 0 Å². The van der Waals surface area contributed by atoms with Gasteiger partial charge in [0.15, 0.2) is 5.13 Å². The normalized spacial score (nSPS) is 17.0. The van der Waals surface area contributed by atoms with Gasteiger partial charge in [0.25, 0.3) is 5.91 Å². The van der Waals surface area contributed by atoms with Crippen LogP contribution in [0.2, 0.25) is 0 Å². The fraction of sp³-hybridized carbons (Fsp3) is 0.308. The molecule has 3 aromatic rings. The summed E-state index contributed by atoms with van der Waals surface area (Å²) in [4.78, 5) is 43.6. The lowest BCUT2D eigenvalue weighted by Gasteiger charge is -2.22. The van der Waals surface area contributed by atoms with Crippen LogP contribution >= 0.6 is 11.3 Å². The predicted molar refractivity (Wildman–Crippen MR) is 133 cm³/mol. The van der Waals surface area contributed by atoms with Gasteiger partial charge in [-0.25, -0.2) is 14.2 Å². The lowest BCUT2D eigenvalue weighted by molar-refractivity contribution is -0.120. The molecule has 0 unspecified atom stereocenters. The van der Waals surface area contributed by atoms with E-state index in [1.165, 1.54) is 28.4 Å². The summed E-state index contributed by atoms with van der Waals surface area (Å²) in [6, 6.07) is 12.5. The first-order chi connectivity index (χ1) is 17.5. The third-order valence-corrected chi connectivity index (χ3v) is 6.91. The Bertz CT molecular complexity index is 1260. The molecule has 1 aliphatic heterocycles. The third kappa shape index (κ3) is 5.71. The van der Waals surface area contributed by atoms with Crippen LogP contribution in [-0.4, -0.2) is 46.4 Å². The second-order valence-electron chi connectivity index (χ2n) is 8.88. The standard InChI is InChI=1S/C26H25FN4O4S/c27-19-9-3-16(4-10-19)14-35-26(34)31-13-1-2-22(31)24(33)30-25-29-21(15-36-25)17-5-7-18(8-6-17)23(32)28-20-11-12-20/h3-10,15,20,22H,1-2,11-14H2,(H,28,32)(H,29,30,33)/t22-/m1/s1. The Hall–Kier alpha value is -3.79. The number of amides is 3. The summed E-state index contributed by atoms with van der Waals surface area (Å²) in [6.45, 7) is 0.422. The molecule has 8 nitrogen and oxygen atoms in total. The second-order valence-corrected chi connectivity index (χ2v) is 9.74. The maximum absolute atomic E-state index is 13.1. The molecule has 0 spiro atoms. The Balaban J connectivity index is 1.16. The molecule has 1 aliphatic carbocycles. The van der Waals surface area contributed by atoms with E-state index in [0.29, 0.717) is 47.4 Å². The minimum Gasteiger partial charge on any atom is -0.445 e. The Morgan fingerprint density at radius 2 is 1.81 bits per heavy atom. The van der Waals surface area contributed by atoms with Crippen LogP contribution in [0.25, 0.3) is 11.3 Å². The zero-order valence-corrected chi connectivity index (χ0v) is 20.2. The highest BCUT2D eigenvalue weighted by atomic mass is 32.1. The number of hydrogen-bond acceptors (Lipinski definition) is 6. The molecule has 3 amide bonds. The Morgan fingerprint density at radius 3 is 2.53 bits per heavy atom. The predicted octanol–water partition coefficient (Wildman–Crippen LogP) is 4.58. The molecule has 186 valence electrons. The number of carbonyl (C=O) groups is 3. The fourth-order valence-electron chi connectivity index (χ4n) is 4.01. The van der Waals surface area contributed by atoms with Crippen molar-refractivity contribution >= 4 is 34.4 Å². The van der Waals surface area contributed by atoms with Gasteiger partial charge in [-0.3, -0.25) is 14.5 Å². The summed E-state index contributed by atoms with van der Waals surface area (Å²) in [7, 11) is 0. The minimum atomic E-state index is -0.651. The van der Waals surface area contributed by atoms with E-state index < -0.39 is 12.1 Å². The number of nitrogens with one attached hydrogen (secondary N) is 2. The van der Waals surface area contributed by atoms with E-state index in [9.17, 15) is 18.8 Å². The molecule has 2 aliphatic rings. The average molecular weight is 509 g/mol. The van der Waals surface area contributed by atoms with Gasteiger partial charge in [-0.15, -0.1) is 11.3 Å². The van der Waals surface area contributed by atoms with Gasteiger partial charge in [-0.05, 0) is 55.5 Å². The molecule has 2 aromatic carbocycles. The monoisotopic (exact) mass is 508 g/mol. The average Bonchev–Trinajstić information content (AvgIpc) is 3.36. The summed E-state index contributed by atoms with van der Waals surface area (Å²) >= 11 is 1.29. The highest BCUT2D eigenvalue weighted by Crippen LogP contribution is 2.27. The van der Waals surface area contributed by atoms with Crippen molar-refractivity contribution < 1.29 is 23.5 Å². The maximum atomic E-state index is 13.1. The number of hydrogen-bond donors (Lipinski definition) is 2. The van der Waals surface area contributed by atoms with Crippen molar-refractivity contribution in [1.29, 1.82) is 0 Å². The van der Waals surface area contributed by atoms with E-state index in [-0.39, 0.29) is 24.2 Å². The number of thiazole rings is 1. The van der Waals surface area contributed by atoms with Gasteiger partial charge < -0.3 is 15.4 Å². The summed E-state index contributed by atoms with van der Waals surface area (Å²) in [5.74, 6) is -0.758. The van der Waals surface area contributed by atoms with Crippen LogP contribution in [-0.2, 0) is 16.1 Å². The number of benzene rings is 2. The molecule has 2 heterocycles. The molecule has 1 aromatic heterocycles. The maximum Gasteiger partial charge on any atom is 0.410 e. The first-order valence-corrected chi connectivity index (χ1v) is 12.7. The summed E-state index contributed by atoms with van der Waals surface area (Å²) in [5.41, 5.74) is 2.78. The Morgan fingerprint density at radius 1 is 1.06 bits per heavy atom. The van der Waals surface area contributed by atoms with Crippen molar-refractivity contribution in [1.82, 2.24) is 15.2 Å². The van der Waals surface area contributed by atoms with E-state index in [4.69, 9.17) is 4.74 Å². The number of likely N-dealkylation sites (tertiary alicyclic amines) is 1. The van der Waals surface area contributed by atoms with Crippen molar-refractivity contribution in [2.24, 2.45) is 0 Å². The molecular formula is C26H25FN4O4S. The van der Waals surface area contributed by atoms with Crippen molar-refractivity contribution in [2.75, 3.05) is 11.9 Å². The number of aromatic nitrogens is 1. The lowest BCUT2D eigenvalue weighted by atomic mass is 10.1. The van der Waals surface area contributed by atoms with Crippen LogP contribution in [0.4, 0.5) is 14.3 Å². The van der Waals surface area contributed by atoms with Gasteiger partial charge in [0.05, 0.1) is 5.69 Å². The van der Waals surface area contributed by atoms with Crippen LogP contribution in [0.1, 0.15) is 41.6 Å². The van der Waals surface area contributed by atoms with E-state index in [1.807, 2.05) is 17.5 Å². The molecule has 1 saturated heterocycles. The number of nitrogens with zero attached hydrogens (tertiary/aromatic N) is 2. The van der Waals surface area contributed by atoms with Gasteiger partial charge in [-0.2, -0.15) is 0 Å². The SMILES string of the molecule is O=C(NC1CC1)c1ccc(-c2csc(NC(=O)[C@H]3CCCN3C(=O)OCc3ccc(F)cc3)n2)cc1. The van der Waals surface area contributed by atoms with Crippen LogP contribution in [0.15, 0.2) is 53.9 Å². The third-order valence-electron chi connectivity index (χ3n) is 6.16. The first kappa shape index (κ1) is 23.9. The highest BCUT2D eigenvalue weighted by Gasteiger charge is 2.35. The summed E-state index contributed by atoms with van der Waals surface area (Å²) in [6.07, 6.45) is 2.70. The van der Waals surface area contributed by atoms with Crippen molar-refractivity contribution in [3.8, 4) is 11.3 Å². The van der Waals surface area contributed by atoms with Crippen LogP contribution in [0, 0.1) is 5.82 Å². The van der Waals surface area contributed by atoms with Gasteiger partial charge in [0, 0.05) is 29.1 Å². The van der Waals surface area contributed by atoms with E-state index in [0.717, 1.165) is 18.4 Å². The first-order valence-electron chi connectivity index (χ1n) is 11.8. The zero-order valence-electron chi connectivity index (χ0n) is 19.4. The van der Waals surface area contributed by atoms with E-state index in [2.05, 4.69) is 15.6 Å². The smallest absolute Gasteiger partial charge is 0.410 e. The Labute approximate surface area is 211 Å². The quantitative estimate of drug-likeness (QED) is 0.487. The van der Waals surface area contributed by atoms with Gasteiger partial charge in [0.2, 0.25) is 5.91 Å². The van der Waals surface area contributed by atoms with Crippen LogP contribution in [0.5, 0.6) is 0 Å². The number of halogens is 1. The molecule has 0 bridgehead atoms. The molecule has 0 radical (unpaired) electrons. The van der Waals surface area contributed by atoms with E-state index in [1.54, 1.807) is 24.3 Å². The summed E-state index contributed by atoms with van der Waals surface area (Å²) < 4.78 is 18.4. The van der Waals surface area contributed by atoms with Crippen LogP contribution in [0.3, 0.4) is 0 Å². The number of carbonyl (C=O) groups excluding carboxylic acids is 3. The molecule has 5 rings (SSSR count). The number of rotatable bonds is 7. The topological polar surface area (TPSA) is 101 Å². The van der Waals surface area contributed by atoms with Gasteiger partial charge in [0.1, 0.15) is 18.5 Å². The number of anilines is 1. The molecule has 2 fully saturated rings. The van der Waals surface area contributed by atoms with Crippen molar-refractivity contribution in [3.05, 3.63) is 70.9 Å². The highest BCUT2D eigenvalue weighted by molar-refractivity contribution is 7.14. The summed E-state index contributed by atoms with van der Waals surface area (Å²) in [5, 5.41) is 8.03. The largest absolute Gasteiger partial charge is 0.445 e. The molecule has 10 heteroatoms. The zero-order chi connectivity index (χ0) is 25.1. The molecule has 1 saturated carbocycles. The molecule has 2 N–H and O–H groups in total. The van der Waals surface area contributed by atoms with Crippen molar-refractivity contribution in [3.63, 3.8) is 0 Å². The van der Waals surface area contributed by atoms with Crippen LogP contribution < -0.4 is 10.6 Å². The second kappa shape index (κ2) is 10.4.